The average molecular weight is 182 g/mol. The van der Waals surface area contributed by atoms with Crippen LogP contribution >= 0.6 is 0 Å². The van der Waals surface area contributed by atoms with Crippen molar-refractivity contribution in [3.8, 4) is 0 Å². The van der Waals surface area contributed by atoms with Gasteiger partial charge in [0.25, 0.3) is 0 Å². The van der Waals surface area contributed by atoms with Gasteiger partial charge in [-0.05, 0) is 11.1 Å². The Morgan fingerprint density at radius 3 is 1.50 bits per heavy atom. The predicted molar refractivity (Wildman–Crippen MR) is 61.8 cm³/mol. The molecule has 14 heavy (non-hydrogen) atoms. The van der Waals surface area contributed by atoms with E-state index in [0.29, 0.717) is 11.8 Å². The fraction of sp³-hybridized carbons (Fsp3) is 0.143. The molecule has 0 heterocycles. The van der Waals surface area contributed by atoms with Gasteiger partial charge in [-0.1, -0.05) is 61.8 Å². The third-order valence-electron chi connectivity index (χ3n) is 2.72. The molecular formula is C14H14. The summed E-state index contributed by atoms with van der Waals surface area (Å²) >= 11 is 0. The zero-order chi connectivity index (χ0) is 9.97. The topological polar surface area (TPSA) is 0 Å². The van der Waals surface area contributed by atoms with E-state index in [1.54, 1.807) is 0 Å². The van der Waals surface area contributed by atoms with Crippen molar-refractivity contribution in [2.75, 3.05) is 0 Å². The van der Waals surface area contributed by atoms with Gasteiger partial charge in [0.15, 0.2) is 0 Å². The second-order valence-corrected chi connectivity index (χ2v) is 3.69. The molecule has 0 aromatic heterocycles. The third kappa shape index (κ3) is 1.56. The van der Waals surface area contributed by atoms with Crippen LogP contribution in [0.3, 0.4) is 0 Å². The number of hydrogen-bond donors (Lipinski definition) is 0. The van der Waals surface area contributed by atoms with Gasteiger partial charge in [0.1, 0.15) is 0 Å². The second-order valence-electron chi connectivity index (χ2n) is 3.69. The summed E-state index contributed by atoms with van der Waals surface area (Å²) in [5, 5.41) is 0. The first kappa shape index (κ1) is 9.01. The van der Waals surface area contributed by atoms with Crippen LogP contribution in [0.15, 0.2) is 72.9 Å². The Morgan fingerprint density at radius 2 is 1.14 bits per heavy atom. The number of hydrogen-bond acceptors (Lipinski definition) is 0. The highest BCUT2D eigenvalue weighted by atomic mass is 14.2. The molecule has 2 rings (SSSR count). The van der Waals surface area contributed by atoms with Crippen molar-refractivity contribution < 1.29 is 0 Å². The molecule has 0 aromatic rings. The van der Waals surface area contributed by atoms with E-state index in [1.807, 2.05) is 12.2 Å². The maximum atomic E-state index is 4.07. The monoisotopic (exact) mass is 182 g/mol. The van der Waals surface area contributed by atoms with E-state index < -0.39 is 0 Å². The Balaban J connectivity index is 2.23. The van der Waals surface area contributed by atoms with Gasteiger partial charge < -0.3 is 0 Å². The minimum atomic E-state index is 0.383. The molecule has 2 unspecified atom stereocenters. The molecule has 0 amide bonds. The molecule has 0 spiro atoms. The molecule has 0 saturated carbocycles. The molecular weight excluding hydrogens is 168 g/mol. The summed E-state index contributed by atoms with van der Waals surface area (Å²) in [6, 6.07) is 0. The molecule has 0 aromatic carbocycles. The molecule has 0 nitrogen and oxygen atoms in total. The fourth-order valence-corrected chi connectivity index (χ4v) is 1.90. The molecule has 2 aliphatic carbocycles. The molecule has 0 N–H and O–H groups in total. The smallest absolute Gasteiger partial charge is 0.0119 e. The van der Waals surface area contributed by atoms with Crippen LogP contribution in [-0.2, 0) is 0 Å². The van der Waals surface area contributed by atoms with Gasteiger partial charge >= 0.3 is 0 Å². The highest BCUT2D eigenvalue weighted by Crippen LogP contribution is 2.32. The van der Waals surface area contributed by atoms with Crippen LogP contribution < -0.4 is 0 Å². The lowest BCUT2D eigenvalue weighted by atomic mass is 9.78. The van der Waals surface area contributed by atoms with Crippen LogP contribution in [0.2, 0.25) is 0 Å². The summed E-state index contributed by atoms with van der Waals surface area (Å²) in [5.41, 5.74) is 2.33. The normalized spacial score (nSPS) is 30.0. The van der Waals surface area contributed by atoms with Crippen LogP contribution in [0.1, 0.15) is 0 Å². The van der Waals surface area contributed by atoms with E-state index in [-0.39, 0.29) is 0 Å². The lowest BCUT2D eigenvalue weighted by Gasteiger charge is -2.26. The van der Waals surface area contributed by atoms with Crippen molar-refractivity contribution in [1.82, 2.24) is 0 Å². The lowest BCUT2D eigenvalue weighted by molar-refractivity contribution is 0.627. The van der Waals surface area contributed by atoms with E-state index >= 15 is 0 Å². The molecule has 0 fully saturated rings. The van der Waals surface area contributed by atoms with E-state index in [1.165, 1.54) is 11.1 Å². The minimum absolute atomic E-state index is 0.383. The molecule has 2 atom stereocenters. The molecule has 0 saturated heterocycles. The van der Waals surface area contributed by atoms with Crippen molar-refractivity contribution in [3.63, 3.8) is 0 Å². The van der Waals surface area contributed by atoms with Crippen LogP contribution in [0.4, 0.5) is 0 Å². The first-order valence-electron chi connectivity index (χ1n) is 4.86. The maximum absolute atomic E-state index is 4.07. The van der Waals surface area contributed by atoms with E-state index in [4.69, 9.17) is 0 Å². The first-order valence-corrected chi connectivity index (χ1v) is 4.86. The summed E-state index contributed by atoms with van der Waals surface area (Å²) in [4.78, 5) is 0. The predicted octanol–water partition coefficient (Wildman–Crippen LogP) is 3.58. The van der Waals surface area contributed by atoms with E-state index in [0.717, 1.165) is 0 Å². The van der Waals surface area contributed by atoms with Gasteiger partial charge in [0.2, 0.25) is 0 Å². The van der Waals surface area contributed by atoms with Crippen molar-refractivity contribution in [3.05, 3.63) is 72.9 Å². The van der Waals surface area contributed by atoms with Crippen LogP contribution in [-0.4, -0.2) is 0 Å². The molecule has 2 aliphatic rings. The Morgan fingerprint density at radius 1 is 0.714 bits per heavy atom. The summed E-state index contributed by atoms with van der Waals surface area (Å²) in [5.74, 6) is 0.766. The molecule has 0 heteroatoms. The minimum Gasteiger partial charge on any atom is -0.0952 e. The zero-order valence-corrected chi connectivity index (χ0v) is 8.19. The van der Waals surface area contributed by atoms with Gasteiger partial charge in [0.05, 0.1) is 0 Å². The SMILES string of the molecule is C=C1C=CC=CC1C1C=CC=CC1=C. The van der Waals surface area contributed by atoms with Crippen molar-refractivity contribution in [2.24, 2.45) is 11.8 Å². The van der Waals surface area contributed by atoms with Crippen molar-refractivity contribution in [1.29, 1.82) is 0 Å². The van der Waals surface area contributed by atoms with Crippen molar-refractivity contribution in [2.45, 2.75) is 0 Å². The van der Waals surface area contributed by atoms with Gasteiger partial charge in [-0.2, -0.15) is 0 Å². The lowest BCUT2D eigenvalue weighted by Crippen LogP contribution is -2.15. The quantitative estimate of drug-likeness (QED) is 0.581. The summed E-state index contributed by atoms with van der Waals surface area (Å²) in [6.45, 7) is 8.14. The summed E-state index contributed by atoms with van der Waals surface area (Å²) in [6.07, 6.45) is 16.8. The Hall–Kier alpha value is -1.56. The molecule has 0 radical (unpaired) electrons. The van der Waals surface area contributed by atoms with E-state index in [2.05, 4.69) is 49.6 Å². The van der Waals surface area contributed by atoms with Gasteiger partial charge in [-0.15, -0.1) is 0 Å². The van der Waals surface area contributed by atoms with Gasteiger partial charge in [0, 0.05) is 11.8 Å². The fourth-order valence-electron chi connectivity index (χ4n) is 1.90. The molecule has 70 valence electrons. The third-order valence-corrected chi connectivity index (χ3v) is 2.72. The molecule has 0 aliphatic heterocycles. The maximum Gasteiger partial charge on any atom is 0.0119 e. The Kier molecular flexibility index (Phi) is 2.36. The van der Waals surface area contributed by atoms with E-state index in [9.17, 15) is 0 Å². The average Bonchev–Trinajstić information content (AvgIpc) is 2.20. The largest absolute Gasteiger partial charge is 0.0952 e. The number of rotatable bonds is 1. The van der Waals surface area contributed by atoms with Gasteiger partial charge in [-0.3, -0.25) is 0 Å². The van der Waals surface area contributed by atoms with Crippen LogP contribution in [0.5, 0.6) is 0 Å². The summed E-state index contributed by atoms with van der Waals surface area (Å²) in [7, 11) is 0. The second kappa shape index (κ2) is 3.67. The standard InChI is InChI=1S/C14H14/c1-11-7-3-5-9-13(11)14-10-6-4-8-12(14)2/h3-10,13-14H,1-2H2. The summed E-state index contributed by atoms with van der Waals surface area (Å²) < 4.78 is 0. The highest BCUT2D eigenvalue weighted by Gasteiger charge is 2.21. The Labute approximate surface area is 85.3 Å². The van der Waals surface area contributed by atoms with Crippen LogP contribution in [0.25, 0.3) is 0 Å². The van der Waals surface area contributed by atoms with Crippen LogP contribution in [0, 0.1) is 11.8 Å². The highest BCUT2D eigenvalue weighted by molar-refractivity contribution is 5.40. The van der Waals surface area contributed by atoms with Crippen molar-refractivity contribution >= 4 is 0 Å². The van der Waals surface area contributed by atoms with Gasteiger partial charge in [-0.25, -0.2) is 0 Å². The number of allylic oxidation sites excluding steroid dienone is 10. The molecule has 0 bridgehead atoms. The Bertz CT molecular complexity index is 337. The zero-order valence-electron chi connectivity index (χ0n) is 8.19. The first-order chi connectivity index (χ1) is 6.79.